The standard InChI is InChI=1S/C15H21N4O/c1-13-3-2-4-14(5-13)15(20)6-19-10-16-7-17(11-19)9-18(8-16)12-19/h2-5H,6-12H2,1H3/q+1. The largest absolute Gasteiger partial charge is 0.288 e. The van der Waals surface area contributed by atoms with Crippen LogP contribution in [0.3, 0.4) is 0 Å². The number of Topliss-reactive ketones (excluding diaryl/α,β-unsaturated/α-hetero) is 1. The number of carbonyl (C=O) groups is 1. The summed E-state index contributed by atoms with van der Waals surface area (Å²) in [7, 11) is 0. The SMILES string of the molecule is Cc1cccc(C(=O)C[N+]23CN4CN(CN(C4)C2)C3)c1. The number of hydrogen-bond donors (Lipinski definition) is 0. The van der Waals surface area contributed by atoms with Gasteiger partial charge in [0.2, 0.25) is 5.78 Å². The van der Waals surface area contributed by atoms with Crippen molar-refractivity contribution in [3.63, 3.8) is 0 Å². The molecule has 0 saturated carbocycles. The van der Waals surface area contributed by atoms with Gasteiger partial charge in [-0.25, -0.2) is 14.7 Å². The Morgan fingerprint density at radius 3 is 2.25 bits per heavy atom. The number of hydrogen-bond acceptors (Lipinski definition) is 4. The Balaban J connectivity index is 1.55. The number of ketones is 1. The van der Waals surface area contributed by atoms with Crippen molar-refractivity contribution in [1.82, 2.24) is 14.7 Å². The molecule has 5 nitrogen and oxygen atoms in total. The van der Waals surface area contributed by atoms with Crippen molar-refractivity contribution in [2.24, 2.45) is 0 Å². The van der Waals surface area contributed by atoms with Gasteiger partial charge in [0.05, 0.1) is 20.0 Å². The molecule has 4 aliphatic rings. The molecule has 1 aromatic carbocycles. The zero-order chi connectivity index (χ0) is 13.7. The van der Waals surface area contributed by atoms with Crippen LogP contribution in [0.5, 0.6) is 0 Å². The maximum absolute atomic E-state index is 12.6. The lowest BCUT2D eigenvalue weighted by Crippen LogP contribution is -2.79. The first kappa shape index (κ1) is 12.5. The van der Waals surface area contributed by atoms with Gasteiger partial charge in [-0.3, -0.25) is 9.28 Å². The topological polar surface area (TPSA) is 26.8 Å². The maximum atomic E-state index is 12.6. The highest BCUT2D eigenvalue weighted by Gasteiger charge is 2.49. The summed E-state index contributed by atoms with van der Waals surface area (Å²) < 4.78 is 0.882. The van der Waals surface area contributed by atoms with Gasteiger partial charge >= 0.3 is 0 Å². The molecule has 4 saturated heterocycles. The average Bonchev–Trinajstić information content (AvgIpc) is 2.36. The van der Waals surface area contributed by atoms with Gasteiger partial charge in [0, 0.05) is 5.56 Å². The third kappa shape index (κ3) is 2.07. The molecular formula is C15H21N4O+. The van der Waals surface area contributed by atoms with Crippen molar-refractivity contribution in [2.75, 3.05) is 46.6 Å². The van der Waals surface area contributed by atoms with E-state index in [9.17, 15) is 4.79 Å². The molecule has 4 aliphatic heterocycles. The number of aryl methyl sites for hydroxylation is 1. The molecule has 5 heteroatoms. The summed E-state index contributed by atoms with van der Waals surface area (Å²) in [5, 5.41) is 0. The molecule has 0 spiro atoms. The number of nitrogens with zero attached hydrogens (tertiary/aromatic N) is 4. The first-order chi connectivity index (χ1) is 9.62. The van der Waals surface area contributed by atoms with Gasteiger partial charge in [-0.1, -0.05) is 23.8 Å². The van der Waals surface area contributed by atoms with Crippen LogP contribution in [0, 0.1) is 6.92 Å². The monoisotopic (exact) mass is 273 g/mol. The van der Waals surface area contributed by atoms with E-state index in [1.54, 1.807) is 0 Å². The fourth-order valence-corrected chi connectivity index (χ4v) is 4.02. The van der Waals surface area contributed by atoms with Crippen LogP contribution in [0.2, 0.25) is 0 Å². The number of carbonyl (C=O) groups excluding carboxylic acids is 1. The molecule has 5 rings (SSSR count). The second-order valence-corrected chi connectivity index (χ2v) is 6.65. The van der Waals surface area contributed by atoms with Gasteiger partial charge in [-0.15, -0.1) is 0 Å². The molecule has 0 N–H and O–H groups in total. The summed E-state index contributed by atoms with van der Waals surface area (Å²) in [5.41, 5.74) is 2.02. The summed E-state index contributed by atoms with van der Waals surface area (Å²) in [6.45, 7) is 8.91. The third-order valence-corrected chi connectivity index (χ3v) is 4.52. The van der Waals surface area contributed by atoms with Gasteiger partial charge in [0.15, 0.2) is 0 Å². The van der Waals surface area contributed by atoms with E-state index in [1.165, 1.54) is 0 Å². The minimum absolute atomic E-state index is 0.277. The third-order valence-electron chi connectivity index (χ3n) is 4.52. The lowest BCUT2D eigenvalue weighted by molar-refractivity contribution is -0.973. The molecule has 4 fully saturated rings. The van der Waals surface area contributed by atoms with Crippen LogP contribution in [-0.4, -0.2) is 71.5 Å². The zero-order valence-corrected chi connectivity index (χ0v) is 12.0. The van der Waals surface area contributed by atoms with Gasteiger partial charge in [0.1, 0.15) is 26.6 Å². The summed E-state index contributed by atoms with van der Waals surface area (Å²) in [6, 6.07) is 7.97. The molecule has 0 aromatic heterocycles. The van der Waals surface area contributed by atoms with E-state index < -0.39 is 0 Å². The van der Waals surface area contributed by atoms with Crippen molar-refractivity contribution in [2.45, 2.75) is 6.92 Å². The van der Waals surface area contributed by atoms with Crippen molar-refractivity contribution in [1.29, 1.82) is 0 Å². The molecule has 20 heavy (non-hydrogen) atoms. The van der Waals surface area contributed by atoms with Crippen LogP contribution >= 0.6 is 0 Å². The second-order valence-electron chi connectivity index (χ2n) is 6.65. The van der Waals surface area contributed by atoms with Gasteiger partial charge in [-0.2, -0.15) is 0 Å². The Bertz CT molecular complexity index is 521. The highest BCUT2D eigenvalue weighted by atomic mass is 16.1. The van der Waals surface area contributed by atoms with Crippen LogP contribution in [0.4, 0.5) is 0 Å². The highest BCUT2D eigenvalue weighted by molar-refractivity contribution is 5.97. The van der Waals surface area contributed by atoms with Crippen LogP contribution in [0.1, 0.15) is 15.9 Å². The Hall–Kier alpha value is -1.27. The fraction of sp³-hybridized carbons (Fsp3) is 0.533. The molecule has 0 radical (unpaired) electrons. The van der Waals surface area contributed by atoms with E-state index in [0.717, 1.165) is 55.6 Å². The van der Waals surface area contributed by atoms with E-state index in [-0.39, 0.29) is 5.78 Å². The molecule has 0 unspecified atom stereocenters. The smallest absolute Gasteiger partial charge is 0.217 e. The summed E-state index contributed by atoms with van der Waals surface area (Å²) in [5.74, 6) is 0.277. The predicted molar refractivity (Wildman–Crippen MR) is 75.4 cm³/mol. The van der Waals surface area contributed by atoms with Crippen molar-refractivity contribution in [3.8, 4) is 0 Å². The minimum Gasteiger partial charge on any atom is -0.288 e. The van der Waals surface area contributed by atoms with Crippen LogP contribution in [-0.2, 0) is 0 Å². The van der Waals surface area contributed by atoms with E-state index >= 15 is 0 Å². The fourth-order valence-electron chi connectivity index (χ4n) is 4.02. The van der Waals surface area contributed by atoms with Gasteiger partial charge in [-0.05, 0) is 13.0 Å². The lowest BCUT2D eigenvalue weighted by Gasteiger charge is -2.60. The van der Waals surface area contributed by atoms with E-state index in [4.69, 9.17) is 0 Å². The Morgan fingerprint density at radius 1 is 1.10 bits per heavy atom. The average molecular weight is 273 g/mol. The molecule has 4 heterocycles. The first-order valence-corrected chi connectivity index (χ1v) is 7.24. The molecular weight excluding hydrogens is 252 g/mol. The Morgan fingerprint density at radius 2 is 1.70 bits per heavy atom. The lowest BCUT2D eigenvalue weighted by atomic mass is 10.1. The van der Waals surface area contributed by atoms with Gasteiger partial charge < -0.3 is 0 Å². The normalized spacial score (nSPS) is 38.1. The van der Waals surface area contributed by atoms with E-state index in [2.05, 4.69) is 14.7 Å². The summed E-state index contributed by atoms with van der Waals surface area (Å²) >= 11 is 0. The Kier molecular flexibility index (Phi) is 2.72. The molecule has 0 atom stereocenters. The zero-order valence-electron chi connectivity index (χ0n) is 12.0. The summed E-state index contributed by atoms with van der Waals surface area (Å²) in [6.07, 6.45) is 0. The molecule has 106 valence electrons. The van der Waals surface area contributed by atoms with E-state index in [1.807, 2.05) is 31.2 Å². The number of quaternary nitrogens is 1. The number of rotatable bonds is 3. The van der Waals surface area contributed by atoms with Crippen LogP contribution in [0.25, 0.3) is 0 Å². The molecule has 4 bridgehead atoms. The maximum Gasteiger partial charge on any atom is 0.217 e. The second kappa shape index (κ2) is 4.36. The highest BCUT2D eigenvalue weighted by Crippen LogP contribution is 2.28. The molecule has 0 amide bonds. The minimum atomic E-state index is 0.277. The molecule has 1 aromatic rings. The number of benzene rings is 1. The van der Waals surface area contributed by atoms with Gasteiger partial charge in [0.25, 0.3) is 0 Å². The van der Waals surface area contributed by atoms with E-state index in [0.29, 0.717) is 6.54 Å². The van der Waals surface area contributed by atoms with Crippen LogP contribution in [0.15, 0.2) is 24.3 Å². The quantitative estimate of drug-likeness (QED) is 0.598. The van der Waals surface area contributed by atoms with Crippen LogP contribution < -0.4 is 0 Å². The predicted octanol–water partition coefficient (Wildman–Crippen LogP) is 0.686. The van der Waals surface area contributed by atoms with Crippen molar-refractivity contribution >= 4 is 5.78 Å². The summed E-state index contributed by atoms with van der Waals surface area (Å²) in [4.78, 5) is 19.9. The first-order valence-electron chi connectivity index (χ1n) is 7.24. The molecule has 0 aliphatic carbocycles. The van der Waals surface area contributed by atoms with Crippen molar-refractivity contribution in [3.05, 3.63) is 35.4 Å². The van der Waals surface area contributed by atoms with Crippen molar-refractivity contribution < 1.29 is 9.28 Å². The Labute approximate surface area is 119 Å².